The Morgan fingerprint density at radius 3 is 2.53 bits per heavy atom. The van der Waals surface area contributed by atoms with E-state index in [-0.39, 0.29) is 12.1 Å². The van der Waals surface area contributed by atoms with E-state index in [1.165, 1.54) is 0 Å². The van der Waals surface area contributed by atoms with E-state index in [1.807, 2.05) is 18.2 Å². The Balaban J connectivity index is 1.91. The van der Waals surface area contributed by atoms with Gasteiger partial charge in [-0.25, -0.2) is 4.79 Å². The summed E-state index contributed by atoms with van der Waals surface area (Å²) >= 11 is 0. The van der Waals surface area contributed by atoms with Gasteiger partial charge in [-0.15, -0.1) is 0 Å². The summed E-state index contributed by atoms with van der Waals surface area (Å²) in [6, 6.07) is 9.15. The fourth-order valence-corrected chi connectivity index (χ4v) is 1.71. The third-order valence-electron chi connectivity index (χ3n) is 2.57. The SMILES string of the molecule is O=C(OC1CCNCC1)c1ccccc1. The highest BCUT2D eigenvalue weighted by atomic mass is 16.5. The molecule has 2 rings (SSSR count). The monoisotopic (exact) mass is 205 g/mol. The maximum Gasteiger partial charge on any atom is 0.338 e. The zero-order valence-corrected chi connectivity index (χ0v) is 8.61. The summed E-state index contributed by atoms with van der Waals surface area (Å²) in [5.74, 6) is -0.206. The van der Waals surface area contributed by atoms with Gasteiger partial charge in [0, 0.05) is 0 Å². The average molecular weight is 205 g/mol. The molecule has 1 aliphatic heterocycles. The number of benzene rings is 1. The van der Waals surface area contributed by atoms with Crippen molar-refractivity contribution >= 4 is 5.97 Å². The molecule has 0 saturated carbocycles. The van der Waals surface area contributed by atoms with Crippen LogP contribution in [0.4, 0.5) is 0 Å². The first kappa shape index (κ1) is 10.2. The second-order valence-corrected chi connectivity index (χ2v) is 3.72. The van der Waals surface area contributed by atoms with Gasteiger partial charge in [0.1, 0.15) is 6.10 Å². The third-order valence-corrected chi connectivity index (χ3v) is 2.57. The van der Waals surface area contributed by atoms with Crippen LogP contribution in [0.15, 0.2) is 30.3 Å². The molecule has 0 atom stereocenters. The Bertz CT molecular complexity index is 318. The van der Waals surface area contributed by atoms with Crippen LogP contribution in [0.5, 0.6) is 0 Å². The lowest BCUT2D eigenvalue weighted by Gasteiger charge is -2.22. The van der Waals surface area contributed by atoms with Crippen LogP contribution in [0.25, 0.3) is 0 Å². The molecule has 3 nitrogen and oxygen atoms in total. The summed E-state index contributed by atoms with van der Waals surface area (Å²) in [4.78, 5) is 11.7. The summed E-state index contributed by atoms with van der Waals surface area (Å²) in [5, 5.41) is 3.24. The first-order chi connectivity index (χ1) is 7.36. The predicted octanol–water partition coefficient (Wildman–Crippen LogP) is 1.60. The molecule has 80 valence electrons. The largest absolute Gasteiger partial charge is 0.459 e. The molecule has 0 aromatic heterocycles. The molecule has 3 heteroatoms. The molecule has 1 saturated heterocycles. The molecule has 0 unspecified atom stereocenters. The molecule has 1 fully saturated rings. The van der Waals surface area contributed by atoms with Gasteiger partial charge in [0.05, 0.1) is 5.56 Å². The van der Waals surface area contributed by atoms with Gasteiger partial charge in [-0.3, -0.25) is 0 Å². The number of carbonyl (C=O) groups is 1. The van der Waals surface area contributed by atoms with Gasteiger partial charge in [0.25, 0.3) is 0 Å². The summed E-state index contributed by atoms with van der Waals surface area (Å²) in [6.45, 7) is 1.87. The molecule has 0 amide bonds. The highest BCUT2D eigenvalue weighted by molar-refractivity contribution is 5.89. The molecule has 0 radical (unpaired) electrons. The molecule has 1 heterocycles. The van der Waals surface area contributed by atoms with Crippen molar-refractivity contribution in [2.24, 2.45) is 0 Å². The van der Waals surface area contributed by atoms with E-state index in [2.05, 4.69) is 5.32 Å². The highest BCUT2D eigenvalue weighted by Gasteiger charge is 2.17. The van der Waals surface area contributed by atoms with Crippen molar-refractivity contribution in [2.75, 3.05) is 13.1 Å². The Morgan fingerprint density at radius 2 is 1.87 bits per heavy atom. The number of nitrogens with one attached hydrogen (secondary N) is 1. The summed E-state index contributed by atoms with van der Waals surface area (Å²) in [7, 11) is 0. The lowest BCUT2D eigenvalue weighted by molar-refractivity contribution is 0.0229. The standard InChI is InChI=1S/C12H15NO2/c14-12(10-4-2-1-3-5-10)15-11-6-8-13-9-7-11/h1-5,11,13H,6-9H2. The van der Waals surface area contributed by atoms with Crippen LogP contribution in [-0.4, -0.2) is 25.2 Å². The number of esters is 1. The van der Waals surface area contributed by atoms with Gasteiger partial charge < -0.3 is 10.1 Å². The van der Waals surface area contributed by atoms with E-state index in [1.54, 1.807) is 12.1 Å². The van der Waals surface area contributed by atoms with Crippen molar-refractivity contribution in [1.82, 2.24) is 5.32 Å². The molecule has 1 aromatic carbocycles. The van der Waals surface area contributed by atoms with Crippen molar-refractivity contribution < 1.29 is 9.53 Å². The molecular weight excluding hydrogens is 190 g/mol. The number of piperidine rings is 1. The van der Waals surface area contributed by atoms with Crippen LogP contribution >= 0.6 is 0 Å². The molecule has 1 aromatic rings. The van der Waals surface area contributed by atoms with E-state index in [0.29, 0.717) is 5.56 Å². The minimum absolute atomic E-state index is 0.0824. The first-order valence-corrected chi connectivity index (χ1v) is 5.33. The van der Waals surface area contributed by atoms with Gasteiger partial charge in [0.15, 0.2) is 0 Å². The van der Waals surface area contributed by atoms with Crippen molar-refractivity contribution in [3.8, 4) is 0 Å². The Hall–Kier alpha value is -1.35. The molecule has 0 aliphatic carbocycles. The summed E-state index contributed by atoms with van der Waals surface area (Å²) in [6.07, 6.45) is 1.91. The third kappa shape index (κ3) is 2.80. The lowest BCUT2D eigenvalue weighted by atomic mass is 10.1. The lowest BCUT2D eigenvalue weighted by Crippen LogP contribution is -2.33. The van der Waals surface area contributed by atoms with E-state index in [9.17, 15) is 4.79 Å². The number of hydrogen-bond acceptors (Lipinski definition) is 3. The number of hydrogen-bond donors (Lipinski definition) is 1. The normalized spacial score (nSPS) is 17.3. The van der Waals surface area contributed by atoms with Crippen LogP contribution in [0.2, 0.25) is 0 Å². The minimum Gasteiger partial charge on any atom is -0.459 e. The molecule has 1 N–H and O–H groups in total. The van der Waals surface area contributed by atoms with Crippen LogP contribution in [-0.2, 0) is 4.74 Å². The fourth-order valence-electron chi connectivity index (χ4n) is 1.71. The highest BCUT2D eigenvalue weighted by Crippen LogP contribution is 2.10. The molecule has 1 aliphatic rings. The quantitative estimate of drug-likeness (QED) is 0.745. The smallest absolute Gasteiger partial charge is 0.338 e. The number of carbonyl (C=O) groups excluding carboxylic acids is 1. The van der Waals surface area contributed by atoms with Crippen LogP contribution < -0.4 is 5.32 Å². The Labute approximate surface area is 89.4 Å². The van der Waals surface area contributed by atoms with Gasteiger partial charge in [-0.05, 0) is 38.1 Å². The second kappa shape index (κ2) is 4.94. The van der Waals surface area contributed by atoms with E-state index < -0.39 is 0 Å². The molecular formula is C12H15NO2. The topological polar surface area (TPSA) is 38.3 Å². The van der Waals surface area contributed by atoms with Gasteiger partial charge in [-0.1, -0.05) is 18.2 Å². The number of rotatable bonds is 2. The number of ether oxygens (including phenoxy) is 1. The van der Waals surface area contributed by atoms with Crippen molar-refractivity contribution in [2.45, 2.75) is 18.9 Å². The van der Waals surface area contributed by atoms with Crippen LogP contribution in [0.3, 0.4) is 0 Å². The average Bonchev–Trinajstić information content (AvgIpc) is 2.31. The van der Waals surface area contributed by atoms with Gasteiger partial charge in [0.2, 0.25) is 0 Å². The van der Waals surface area contributed by atoms with Gasteiger partial charge >= 0.3 is 5.97 Å². The predicted molar refractivity (Wildman–Crippen MR) is 57.7 cm³/mol. The maximum atomic E-state index is 11.7. The van der Waals surface area contributed by atoms with E-state index in [0.717, 1.165) is 25.9 Å². The van der Waals surface area contributed by atoms with E-state index in [4.69, 9.17) is 4.74 Å². The Kier molecular flexibility index (Phi) is 3.35. The van der Waals surface area contributed by atoms with Crippen LogP contribution in [0.1, 0.15) is 23.2 Å². The van der Waals surface area contributed by atoms with Crippen molar-refractivity contribution in [3.05, 3.63) is 35.9 Å². The van der Waals surface area contributed by atoms with Crippen molar-refractivity contribution in [3.63, 3.8) is 0 Å². The molecule has 0 spiro atoms. The van der Waals surface area contributed by atoms with Crippen LogP contribution in [0, 0.1) is 0 Å². The first-order valence-electron chi connectivity index (χ1n) is 5.33. The zero-order chi connectivity index (χ0) is 10.5. The van der Waals surface area contributed by atoms with E-state index >= 15 is 0 Å². The van der Waals surface area contributed by atoms with Gasteiger partial charge in [-0.2, -0.15) is 0 Å². The maximum absolute atomic E-state index is 11.7. The fraction of sp³-hybridized carbons (Fsp3) is 0.417. The Morgan fingerprint density at radius 1 is 1.20 bits per heavy atom. The minimum atomic E-state index is -0.206. The summed E-state index contributed by atoms with van der Waals surface area (Å²) < 4.78 is 5.40. The zero-order valence-electron chi connectivity index (χ0n) is 8.61. The second-order valence-electron chi connectivity index (χ2n) is 3.72. The summed E-state index contributed by atoms with van der Waals surface area (Å²) in [5.41, 5.74) is 0.635. The molecule has 15 heavy (non-hydrogen) atoms. The molecule has 0 bridgehead atoms. The van der Waals surface area contributed by atoms with Crippen molar-refractivity contribution in [1.29, 1.82) is 0 Å².